The van der Waals surface area contributed by atoms with E-state index < -0.39 is 0 Å². The number of hydrogen-bond donors (Lipinski definition) is 0. The molecule has 0 atom stereocenters. The number of furan rings is 1. The van der Waals surface area contributed by atoms with E-state index in [9.17, 15) is 0 Å². The van der Waals surface area contributed by atoms with Gasteiger partial charge in [0, 0.05) is 66.4 Å². The van der Waals surface area contributed by atoms with Gasteiger partial charge in [0.1, 0.15) is 11.2 Å². The van der Waals surface area contributed by atoms with Crippen LogP contribution in [0.5, 0.6) is 0 Å². The summed E-state index contributed by atoms with van der Waals surface area (Å²) in [5, 5.41) is 6.83. The molecule has 0 N–H and O–H groups in total. The standard InChI is InChI=1S/C51H31N5O/c1-4-15-32(16-5-1)49-52-50(33-17-6-2-7-18-33)54-51(53-49)39-24-14-23-38-40-30-42-41-29-35(55-43-25-12-10-21-36(43)37-22-11-13-26-44(37)55)27-28-46(41)57-47(42)31-45(40)56(48(38)39)34-19-8-3-9-20-34/h1-31H. The van der Waals surface area contributed by atoms with E-state index in [-0.39, 0.29) is 0 Å². The van der Waals surface area contributed by atoms with Gasteiger partial charge in [-0.05, 0) is 54.6 Å². The molecule has 0 unspecified atom stereocenters. The molecule has 0 bridgehead atoms. The van der Waals surface area contributed by atoms with Crippen LogP contribution < -0.4 is 0 Å². The van der Waals surface area contributed by atoms with E-state index in [1.54, 1.807) is 0 Å². The first-order valence-corrected chi connectivity index (χ1v) is 19.1. The van der Waals surface area contributed by atoms with Crippen molar-refractivity contribution in [1.82, 2.24) is 24.1 Å². The van der Waals surface area contributed by atoms with Crippen LogP contribution in [0.15, 0.2) is 192 Å². The van der Waals surface area contributed by atoms with Crippen LogP contribution in [0, 0.1) is 0 Å². The number of nitrogens with zero attached hydrogens (tertiary/aromatic N) is 5. The van der Waals surface area contributed by atoms with Crippen LogP contribution in [0.25, 0.3) is 111 Å². The Morgan fingerprint density at radius 1 is 0.333 bits per heavy atom. The minimum atomic E-state index is 0.609. The molecule has 12 aromatic rings. The Hall–Kier alpha value is -7.83. The Balaban J connectivity index is 1.13. The third-order valence-corrected chi connectivity index (χ3v) is 11.2. The first-order chi connectivity index (χ1) is 28.3. The molecular weight excluding hydrogens is 699 g/mol. The molecule has 0 aliphatic carbocycles. The van der Waals surface area contributed by atoms with E-state index in [0.717, 1.165) is 71.8 Å². The van der Waals surface area contributed by atoms with Gasteiger partial charge in [0.2, 0.25) is 0 Å². The second-order valence-corrected chi connectivity index (χ2v) is 14.4. The number of fused-ring (bicyclic) bond motifs is 9. The Morgan fingerprint density at radius 3 is 1.56 bits per heavy atom. The van der Waals surface area contributed by atoms with E-state index in [1.165, 1.54) is 21.8 Å². The molecule has 0 saturated carbocycles. The third-order valence-electron chi connectivity index (χ3n) is 11.2. The van der Waals surface area contributed by atoms with Gasteiger partial charge in [-0.1, -0.05) is 127 Å². The summed E-state index contributed by atoms with van der Waals surface area (Å²) in [5.41, 5.74) is 11.0. The zero-order valence-electron chi connectivity index (χ0n) is 30.5. The Bertz CT molecular complexity index is 3400. The molecule has 0 fully saturated rings. The topological polar surface area (TPSA) is 61.7 Å². The molecule has 6 nitrogen and oxygen atoms in total. The maximum atomic E-state index is 6.68. The van der Waals surface area contributed by atoms with E-state index in [4.69, 9.17) is 19.4 Å². The molecule has 0 aliphatic rings. The van der Waals surface area contributed by atoms with Crippen molar-refractivity contribution in [2.75, 3.05) is 0 Å². The van der Waals surface area contributed by atoms with E-state index >= 15 is 0 Å². The second kappa shape index (κ2) is 12.3. The highest BCUT2D eigenvalue weighted by Crippen LogP contribution is 2.42. The summed E-state index contributed by atoms with van der Waals surface area (Å²) in [6.45, 7) is 0. The highest BCUT2D eigenvalue weighted by atomic mass is 16.3. The molecule has 0 spiro atoms. The second-order valence-electron chi connectivity index (χ2n) is 14.4. The van der Waals surface area contributed by atoms with Gasteiger partial charge < -0.3 is 13.6 Å². The molecule has 8 aromatic carbocycles. The Labute approximate surface area is 326 Å². The van der Waals surface area contributed by atoms with Gasteiger partial charge in [0.25, 0.3) is 0 Å². The van der Waals surface area contributed by atoms with Crippen molar-refractivity contribution in [2.24, 2.45) is 0 Å². The predicted molar refractivity (Wildman–Crippen MR) is 232 cm³/mol. The van der Waals surface area contributed by atoms with Gasteiger partial charge in [0.05, 0.1) is 22.1 Å². The first-order valence-electron chi connectivity index (χ1n) is 19.1. The SMILES string of the molecule is c1ccc(-c2nc(-c3ccccc3)nc(-c3cccc4c5cc6c(cc5n(-c5ccccc5)c34)oc3ccc(-n4c5ccccc5c5ccccc54)cc36)n2)cc1. The lowest BCUT2D eigenvalue weighted by molar-refractivity contribution is 0.669. The molecule has 0 saturated heterocycles. The van der Waals surface area contributed by atoms with Crippen molar-refractivity contribution in [3.8, 4) is 45.5 Å². The average molecular weight is 730 g/mol. The van der Waals surface area contributed by atoms with Crippen LogP contribution in [0.4, 0.5) is 0 Å². The molecule has 4 aromatic heterocycles. The molecule has 266 valence electrons. The number of aromatic nitrogens is 5. The summed E-state index contributed by atoms with van der Waals surface area (Å²) in [7, 11) is 0. The van der Waals surface area contributed by atoms with Crippen LogP contribution in [-0.2, 0) is 0 Å². The maximum Gasteiger partial charge on any atom is 0.166 e. The van der Waals surface area contributed by atoms with Crippen molar-refractivity contribution in [3.63, 3.8) is 0 Å². The van der Waals surface area contributed by atoms with Crippen molar-refractivity contribution >= 4 is 65.6 Å². The highest BCUT2D eigenvalue weighted by Gasteiger charge is 2.22. The van der Waals surface area contributed by atoms with Gasteiger partial charge >= 0.3 is 0 Å². The molecule has 12 rings (SSSR count). The summed E-state index contributed by atoms with van der Waals surface area (Å²) in [4.78, 5) is 15.3. The molecular formula is C51H31N5O. The molecule has 4 heterocycles. The number of rotatable bonds is 5. The maximum absolute atomic E-state index is 6.68. The van der Waals surface area contributed by atoms with Crippen molar-refractivity contribution in [3.05, 3.63) is 188 Å². The fraction of sp³-hybridized carbons (Fsp3) is 0. The molecule has 0 aliphatic heterocycles. The van der Waals surface area contributed by atoms with Gasteiger partial charge in [-0.3, -0.25) is 0 Å². The smallest absolute Gasteiger partial charge is 0.166 e. The minimum Gasteiger partial charge on any atom is -0.456 e. The fourth-order valence-corrected chi connectivity index (χ4v) is 8.62. The third kappa shape index (κ3) is 4.87. The molecule has 0 radical (unpaired) electrons. The number of para-hydroxylation sites is 4. The number of hydrogen-bond acceptors (Lipinski definition) is 4. The van der Waals surface area contributed by atoms with Gasteiger partial charge in [0.15, 0.2) is 17.5 Å². The lowest BCUT2D eigenvalue weighted by Crippen LogP contribution is -2.02. The monoisotopic (exact) mass is 729 g/mol. The lowest BCUT2D eigenvalue weighted by atomic mass is 10.1. The van der Waals surface area contributed by atoms with E-state index in [1.807, 2.05) is 60.7 Å². The summed E-state index contributed by atoms with van der Waals surface area (Å²) in [5.74, 6) is 1.86. The largest absolute Gasteiger partial charge is 0.456 e. The summed E-state index contributed by atoms with van der Waals surface area (Å²) in [6.07, 6.45) is 0. The zero-order valence-corrected chi connectivity index (χ0v) is 30.5. The normalized spacial score (nSPS) is 11.9. The van der Waals surface area contributed by atoms with Crippen LogP contribution in [0.2, 0.25) is 0 Å². The summed E-state index contributed by atoms with van der Waals surface area (Å²) in [6, 6.07) is 65.5. The number of benzene rings is 8. The predicted octanol–water partition coefficient (Wildman–Crippen LogP) is 13.0. The summed E-state index contributed by atoms with van der Waals surface area (Å²) >= 11 is 0. The Kier molecular flexibility index (Phi) is 6.83. The molecule has 57 heavy (non-hydrogen) atoms. The average Bonchev–Trinajstić information content (AvgIpc) is 3.93. The van der Waals surface area contributed by atoms with Gasteiger partial charge in [-0.15, -0.1) is 0 Å². The lowest BCUT2D eigenvalue weighted by Gasteiger charge is -2.12. The van der Waals surface area contributed by atoms with Gasteiger partial charge in [-0.25, -0.2) is 15.0 Å². The van der Waals surface area contributed by atoms with Crippen LogP contribution in [-0.4, -0.2) is 24.1 Å². The van der Waals surface area contributed by atoms with Crippen LogP contribution in [0.3, 0.4) is 0 Å². The summed E-state index contributed by atoms with van der Waals surface area (Å²) < 4.78 is 11.4. The molecule has 6 heteroatoms. The van der Waals surface area contributed by atoms with E-state index in [2.05, 4.69) is 137 Å². The van der Waals surface area contributed by atoms with Crippen LogP contribution >= 0.6 is 0 Å². The highest BCUT2D eigenvalue weighted by molar-refractivity contribution is 6.19. The first kappa shape index (κ1) is 31.5. The quantitative estimate of drug-likeness (QED) is 0.177. The Morgan fingerprint density at radius 2 is 0.895 bits per heavy atom. The van der Waals surface area contributed by atoms with E-state index in [0.29, 0.717) is 17.5 Å². The minimum absolute atomic E-state index is 0.609. The molecule has 0 amide bonds. The van der Waals surface area contributed by atoms with Crippen molar-refractivity contribution < 1.29 is 4.42 Å². The van der Waals surface area contributed by atoms with Crippen molar-refractivity contribution in [1.29, 1.82) is 0 Å². The van der Waals surface area contributed by atoms with Gasteiger partial charge in [-0.2, -0.15) is 0 Å². The fourth-order valence-electron chi connectivity index (χ4n) is 8.62. The zero-order chi connectivity index (χ0) is 37.5. The van der Waals surface area contributed by atoms with Crippen LogP contribution in [0.1, 0.15) is 0 Å². The van der Waals surface area contributed by atoms with Crippen molar-refractivity contribution in [2.45, 2.75) is 0 Å².